The van der Waals surface area contributed by atoms with Crippen molar-refractivity contribution < 1.29 is 9.53 Å². The first kappa shape index (κ1) is 20.7. The Morgan fingerprint density at radius 2 is 1.73 bits per heavy atom. The fourth-order valence-electron chi connectivity index (χ4n) is 4.45. The van der Waals surface area contributed by atoms with E-state index < -0.39 is 0 Å². The predicted octanol–water partition coefficient (Wildman–Crippen LogP) is 4.55. The number of carbonyl (C=O) groups is 1. The summed E-state index contributed by atoms with van der Waals surface area (Å²) in [5, 5.41) is 3.46. The van der Waals surface area contributed by atoms with Crippen LogP contribution in [0.5, 0.6) is 5.75 Å². The molecule has 30 heavy (non-hydrogen) atoms. The van der Waals surface area contributed by atoms with E-state index in [9.17, 15) is 4.79 Å². The molecule has 160 valence electrons. The van der Waals surface area contributed by atoms with Gasteiger partial charge < -0.3 is 19.9 Å². The van der Waals surface area contributed by atoms with Crippen LogP contribution in [0.15, 0.2) is 54.6 Å². The molecule has 0 radical (unpaired) electrons. The van der Waals surface area contributed by atoms with Gasteiger partial charge in [0.2, 0.25) is 5.91 Å². The van der Waals surface area contributed by atoms with Gasteiger partial charge in [0.1, 0.15) is 5.75 Å². The molecule has 2 saturated heterocycles. The van der Waals surface area contributed by atoms with Gasteiger partial charge in [-0.1, -0.05) is 24.6 Å². The van der Waals surface area contributed by atoms with Crippen LogP contribution in [-0.2, 0) is 4.79 Å². The van der Waals surface area contributed by atoms with Gasteiger partial charge in [0, 0.05) is 30.9 Å². The summed E-state index contributed by atoms with van der Waals surface area (Å²) in [6.45, 7) is 5.08. The molecule has 0 aliphatic carbocycles. The SMILES string of the molecule is O=C1CC[C@@H](CNc2ccccc2)N1c1ccc(OCCCN2CCCCC2)cc1. The lowest BCUT2D eigenvalue weighted by Gasteiger charge is -2.26. The summed E-state index contributed by atoms with van der Waals surface area (Å²) in [6, 6.07) is 18.3. The fourth-order valence-corrected chi connectivity index (χ4v) is 4.45. The van der Waals surface area contributed by atoms with Crippen LogP contribution in [0.2, 0.25) is 0 Å². The molecule has 1 amide bonds. The number of hydrogen-bond acceptors (Lipinski definition) is 4. The molecule has 2 aliphatic rings. The third-order valence-corrected chi connectivity index (χ3v) is 6.09. The molecule has 2 aromatic rings. The van der Waals surface area contributed by atoms with Crippen molar-refractivity contribution in [2.45, 2.75) is 44.6 Å². The lowest BCUT2D eigenvalue weighted by atomic mass is 10.1. The van der Waals surface area contributed by atoms with E-state index in [1.54, 1.807) is 0 Å². The molecule has 0 saturated carbocycles. The Kier molecular flexibility index (Phi) is 7.25. The summed E-state index contributed by atoms with van der Waals surface area (Å²) >= 11 is 0. The zero-order valence-corrected chi connectivity index (χ0v) is 17.8. The van der Waals surface area contributed by atoms with Crippen molar-refractivity contribution in [1.82, 2.24) is 4.90 Å². The first-order valence-electron chi connectivity index (χ1n) is 11.4. The Bertz CT molecular complexity index is 788. The van der Waals surface area contributed by atoms with E-state index in [2.05, 4.69) is 22.3 Å². The maximum Gasteiger partial charge on any atom is 0.227 e. The van der Waals surface area contributed by atoms with Gasteiger partial charge in [-0.3, -0.25) is 4.79 Å². The minimum atomic E-state index is 0.175. The summed E-state index contributed by atoms with van der Waals surface area (Å²) in [4.78, 5) is 17.0. The Morgan fingerprint density at radius 3 is 2.50 bits per heavy atom. The Balaban J connectivity index is 1.26. The van der Waals surface area contributed by atoms with Gasteiger partial charge >= 0.3 is 0 Å². The lowest BCUT2D eigenvalue weighted by Crippen LogP contribution is -2.37. The van der Waals surface area contributed by atoms with Crippen molar-refractivity contribution in [2.24, 2.45) is 0 Å². The number of nitrogens with zero attached hydrogens (tertiary/aromatic N) is 2. The lowest BCUT2D eigenvalue weighted by molar-refractivity contribution is -0.117. The normalized spacial score (nSPS) is 19.8. The summed E-state index contributed by atoms with van der Waals surface area (Å²) < 4.78 is 5.93. The second kappa shape index (κ2) is 10.5. The van der Waals surface area contributed by atoms with Crippen LogP contribution in [0.25, 0.3) is 0 Å². The Labute approximate surface area is 180 Å². The molecule has 2 fully saturated rings. The number of para-hydroxylation sites is 1. The predicted molar refractivity (Wildman–Crippen MR) is 122 cm³/mol. The van der Waals surface area contributed by atoms with Crippen molar-refractivity contribution in [3.05, 3.63) is 54.6 Å². The topological polar surface area (TPSA) is 44.8 Å². The number of benzene rings is 2. The van der Waals surface area contributed by atoms with Gasteiger partial charge in [0.05, 0.1) is 12.6 Å². The van der Waals surface area contributed by atoms with Crippen molar-refractivity contribution in [2.75, 3.05) is 43.0 Å². The van der Waals surface area contributed by atoms with Gasteiger partial charge in [-0.15, -0.1) is 0 Å². The average molecular weight is 408 g/mol. The average Bonchev–Trinajstić information content (AvgIpc) is 3.17. The highest BCUT2D eigenvalue weighted by Crippen LogP contribution is 2.28. The molecule has 0 bridgehead atoms. The largest absolute Gasteiger partial charge is 0.494 e. The number of amides is 1. The van der Waals surface area contributed by atoms with E-state index in [4.69, 9.17) is 4.74 Å². The van der Waals surface area contributed by atoms with E-state index in [-0.39, 0.29) is 11.9 Å². The summed E-state index contributed by atoms with van der Waals surface area (Å²) in [5.41, 5.74) is 2.04. The van der Waals surface area contributed by atoms with Crippen LogP contribution in [-0.4, -0.2) is 49.6 Å². The number of piperidine rings is 1. The van der Waals surface area contributed by atoms with E-state index in [1.165, 1.54) is 32.4 Å². The highest BCUT2D eigenvalue weighted by atomic mass is 16.5. The second-order valence-electron chi connectivity index (χ2n) is 8.30. The van der Waals surface area contributed by atoms with E-state index in [1.807, 2.05) is 47.4 Å². The van der Waals surface area contributed by atoms with Crippen LogP contribution in [0, 0.1) is 0 Å². The van der Waals surface area contributed by atoms with Gasteiger partial charge in [-0.2, -0.15) is 0 Å². The maximum atomic E-state index is 12.5. The zero-order chi connectivity index (χ0) is 20.6. The standard InChI is InChI=1S/C25H33N3O2/c29-25-15-12-23(20-26-21-8-3-1-4-9-21)28(25)22-10-13-24(14-11-22)30-19-7-18-27-16-5-2-6-17-27/h1,3-4,8-11,13-14,23,26H,2,5-7,12,15-20H2/t23-/m0/s1. The quantitative estimate of drug-likeness (QED) is 0.620. The van der Waals surface area contributed by atoms with Gasteiger partial charge in [-0.05, 0) is 75.2 Å². The third kappa shape index (κ3) is 5.54. The highest BCUT2D eigenvalue weighted by molar-refractivity contribution is 5.96. The van der Waals surface area contributed by atoms with Gasteiger partial charge in [0.15, 0.2) is 0 Å². The number of nitrogens with one attached hydrogen (secondary N) is 1. The fraction of sp³-hybridized carbons (Fsp3) is 0.480. The molecule has 2 aromatic carbocycles. The molecule has 0 aromatic heterocycles. The molecule has 4 rings (SSSR count). The maximum absolute atomic E-state index is 12.5. The number of likely N-dealkylation sites (tertiary alicyclic amines) is 1. The van der Waals surface area contributed by atoms with Gasteiger partial charge in [-0.25, -0.2) is 0 Å². The molecule has 1 N–H and O–H groups in total. The Hall–Kier alpha value is -2.53. The molecule has 1 atom stereocenters. The van der Waals surface area contributed by atoms with Crippen molar-refractivity contribution >= 4 is 17.3 Å². The number of carbonyl (C=O) groups excluding carboxylic acids is 1. The molecule has 0 spiro atoms. The van der Waals surface area contributed by atoms with Crippen LogP contribution in [0.4, 0.5) is 11.4 Å². The molecule has 5 nitrogen and oxygen atoms in total. The second-order valence-corrected chi connectivity index (χ2v) is 8.30. The minimum Gasteiger partial charge on any atom is -0.494 e. The van der Waals surface area contributed by atoms with Crippen LogP contribution >= 0.6 is 0 Å². The molecule has 2 heterocycles. The number of hydrogen-bond donors (Lipinski definition) is 1. The van der Waals surface area contributed by atoms with Crippen molar-refractivity contribution in [3.63, 3.8) is 0 Å². The minimum absolute atomic E-state index is 0.175. The molecular weight excluding hydrogens is 374 g/mol. The molecular formula is C25H33N3O2. The van der Waals surface area contributed by atoms with Gasteiger partial charge in [0.25, 0.3) is 0 Å². The van der Waals surface area contributed by atoms with E-state index in [0.29, 0.717) is 6.42 Å². The third-order valence-electron chi connectivity index (χ3n) is 6.09. The molecule has 0 unspecified atom stereocenters. The zero-order valence-electron chi connectivity index (χ0n) is 17.8. The monoisotopic (exact) mass is 407 g/mol. The first-order chi connectivity index (χ1) is 14.8. The summed E-state index contributed by atoms with van der Waals surface area (Å²) in [6.07, 6.45) is 6.59. The molecule has 2 aliphatic heterocycles. The first-order valence-corrected chi connectivity index (χ1v) is 11.4. The van der Waals surface area contributed by atoms with Crippen LogP contribution in [0.1, 0.15) is 38.5 Å². The van der Waals surface area contributed by atoms with Crippen molar-refractivity contribution in [3.8, 4) is 5.75 Å². The smallest absolute Gasteiger partial charge is 0.227 e. The number of anilines is 2. The van der Waals surface area contributed by atoms with Crippen molar-refractivity contribution in [1.29, 1.82) is 0 Å². The van der Waals surface area contributed by atoms with E-state index in [0.717, 1.165) is 49.7 Å². The number of rotatable bonds is 9. The Morgan fingerprint density at radius 1 is 0.967 bits per heavy atom. The summed E-state index contributed by atoms with van der Waals surface area (Å²) in [5.74, 6) is 1.08. The molecule has 5 heteroatoms. The van der Waals surface area contributed by atoms with Crippen LogP contribution in [0.3, 0.4) is 0 Å². The summed E-state index contributed by atoms with van der Waals surface area (Å²) in [7, 11) is 0. The van der Waals surface area contributed by atoms with Crippen LogP contribution < -0.4 is 15.0 Å². The number of ether oxygens (including phenoxy) is 1. The van der Waals surface area contributed by atoms with E-state index >= 15 is 0 Å². The highest BCUT2D eigenvalue weighted by Gasteiger charge is 2.31.